The van der Waals surface area contributed by atoms with Gasteiger partial charge in [-0.1, -0.05) is 10.3 Å². The summed E-state index contributed by atoms with van der Waals surface area (Å²) in [6, 6.07) is 0.818. The normalized spacial score (nSPS) is 12.2. The van der Waals surface area contributed by atoms with Crippen LogP contribution in [0, 0.1) is 13.8 Å². The Morgan fingerprint density at radius 3 is 2.55 bits per heavy atom. The van der Waals surface area contributed by atoms with E-state index in [0.29, 0.717) is 5.76 Å². The van der Waals surface area contributed by atoms with Crippen LogP contribution in [-0.4, -0.2) is 27.3 Å². The van der Waals surface area contributed by atoms with Crippen molar-refractivity contribution in [1.82, 2.24) is 15.6 Å². The Balaban J connectivity index is 2.18. The fourth-order valence-corrected chi connectivity index (χ4v) is 1.75. The van der Waals surface area contributed by atoms with Gasteiger partial charge in [0.05, 0.1) is 11.7 Å². The van der Waals surface area contributed by atoms with Crippen LogP contribution < -0.4 is 5.32 Å². The summed E-state index contributed by atoms with van der Waals surface area (Å²) in [5.41, 5.74) is 0.322. The van der Waals surface area contributed by atoms with Crippen molar-refractivity contribution in [1.29, 1.82) is 0 Å². The van der Waals surface area contributed by atoms with Gasteiger partial charge in [0.2, 0.25) is 0 Å². The van der Waals surface area contributed by atoms with Gasteiger partial charge in [0.25, 0.3) is 5.91 Å². The van der Waals surface area contributed by atoms with E-state index in [2.05, 4.69) is 15.6 Å². The summed E-state index contributed by atoms with van der Waals surface area (Å²) in [7, 11) is 0. The molecule has 0 saturated heterocycles. The van der Waals surface area contributed by atoms with Crippen molar-refractivity contribution in [2.75, 3.05) is 0 Å². The molecule has 1 atom stereocenters. The average Bonchev–Trinajstić information content (AvgIpc) is 2.95. The Morgan fingerprint density at radius 2 is 2.00 bits per heavy atom. The number of hydrogen-bond donors (Lipinski definition) is 2. The molecule has 0 saturated carbocycles. The van der Waals surface area contributed by atoms with E-state index in [1.165, 1.54) is 13.0 Å². The molecule has 2 rings (SSSR count). The summed E-state index contributed by atoms with van der Waals surface area (Å²) in [5, 5.41) is 18.9. The number of carbonyl (C=O) groups is 2. The standard InChI is InChI=1S/C12H13N3O5/c1-5-4-8(15-19-5)11(16)13-7(3)10-9(12(17)18)6(2)14-20-10/h4,7H,1-3H3,(H,13,16)(H,17,18)/t7-/m1/s1. The number of hydrogen-bond acceptors (Lipinski definition) is 6. The Kier molecular flexibility index (Phi) is 3.55. The average molecular weight is 279 g/mol. The quantitative estimate of drug-likeness (QED) is 0.869. The number of nitrogens with zero attached hydrogens (tertiary/aromatic N) is 2. The summed E-state index contributed by atoms with van der Waals surface area (Å²) >= 11 is 0. The van der Waals surface area contributed by atoms with Gasteiger partial charge in [-0.05, 0) is 20.8 Å². The van der Waals surface area contributed by atoms with Gasteiger partial charge in [0, 0.05) is 6.07 Å². The van der Waals surface area contributed by atoms with Crippen molar-refractivity contribution in [3.8, 4) is 0 Å². The van der Waals surface area contributed by atoms with Crippen LogP contribution in [0.5, 0.6) is 0 Å². The number of rotatable bonds is 4. The molecule has 0 radical (unpaired) electrons. The van der Waals surface area contributed by atoms with Crippen LogP contribution in [-0.2, 0) is 0 Å². The summed E-state index contributed by atoms with van der Waals surface area (Å²) in [4.78, 5) is 23.0. The predicted molar refractivity (Wildman–Crippen MR) is 65.3 cm³/mol. The van der Waals surface area contributed by atoms with Gasteiger partial charge in [0.15, 0.2) is 11.5 Å². The molecule has 0 fully saturated rings. The van der Waals surface area contributed by atoms with Crippen LogP contribution in [0.2, 0.25) is 0 Å². The van der Waals surface area contributed by atoms with Gasteiger partial charge in [-0.2, -0.15) is 0 Å². The molecule has 1 amide bonds. The molecular weight excluding hydrogens is 266 g/mol. The molecule has 8 nitrogen and oxygen atoms in total. The number of carboxylic acid groups (broad SMARTS) is 1. The summed E-state index contributed by atoms with van der Waals surface area (Å²) < 4.78 is 9.77. The van der Waals surface area contributed by atoms with Crippen molar-refractivity contribution in [2.24, 2.45) is 0 Å². The third-order valence-corrected chi connectivity index (χ3v) is 2.70. The van der Waals surface area contributed by atoms with Crippen LogP contribution in [0.15, 0.2) is 15.1 Å². The molecule has 2 N–H and O–H groups in total. The van der Waals surface area contributed by atoms with Crippen molar-refractivity contribution >= 4 is 11.9 Å². The number of carbonyl (C=O) groups excluding carboxylic acids is 1. The van der Waals surface area contributed by atoms with E-state index >= 15 is 0 Å². The number of nitrogens with one attached hydrogen (secondary N) is 1. The highest BCUT2D eigenvalue weighted by atomic mass is 16.5. The lowest BCUT2D eigenvalue weighted by molar-refractivity contribution is 0.0690. The maximum absolute atomic E-state index is 11.9. The maximum Gasteiger partial charge on any atom is 0.341 e. The van der Waals surface area contributed by atoms with Gasteiger partial charge in [-0.25, -0.2) is 4.79 Å². The highest BCUT2D eigenvalue weighted by molar-refractivity contribution is 5.93. The highest BCUT2D eigenvalue weighted by Gasteiger charge is 2.26. The molecule has 0 aromatic carbocycles. The van der Waals surface area contributed by atoms with Crippen LogP contribution >= 0.6 is 0 Å². The monoisotopic (exact) mass is 279 g/mol. The molecule has 0 aliphatic carbocycles. The molecule has 0 spiro atoms. The second kappa shape index (κ2) is 5.16. The third kappa shape index (κ3) is 2.53. The molecule has 2 aromatic heterocycles. The fourth-order valence-electron chi connectivity index (χ4n) is 1.75. The number of aromatic nitrogens is 2. The largest absolute Gasteiger partial charge is 0.477 e. The number of aryl methyl sites for hydroxylation is 2. The smallest absolute Gasteiger partial charge is 0.341 e. The SMILES string of the molecule is Cc1cc(C(=O)N[C@H](C)c2onc(C)c2C(=O)O)no1. The zero-order valence-corrected chi connectivity index (χ0v) is 11.1. The molecule has 0 aliphatic rings. The van der Waals surface area contributed by atoms with Crippen molar-refractivity contribution in [2.45, 2.75) is 26.8 Å². The highest BCUT2D eigenvalue weighted by Crippen LogP contribution is 2.21. The zero-order valence-electron chi connectivity index (χ0n) is 11.1. The van der Waals surface area contributed by atoms with E-state index in [9.17, 15) is 9.59 Å². The topological polar surface area (TPSA) is 118 Å². The minimum Gasteiger partial charge on any atom is -0.477 e. The van der Waals surface area contributed by atoms with Crippen LogP contribution in [0.1, 0.15) is 51.0 Å². The van der Waals surface area contributed by atoms with Crippen molar-refractivity contribution in [3.63, 3.8) is 0 Å². The van der Waals surface area contributed by atoms with Gasteiger partial charge >= 0.3 is 5.97 Å². The first kappa shape index (κ1) is 13.8. The van der Waals surface area contributed by atoms with E-state index in [1.54, 1.807) is 13.8 Å². The molecule has 2 heterocycles. The second-order valence-electron chi connectivity index (χ2n) is 4.33. The molecule has 0 unspecified atom stereocenters. The number of aromatic carboxylic acids is 1. The molecule has 0 bridgehead atoms. The third-order valence-electron chi connectivity index (χ3n) is 2.70. The number of carboxylic acids is 1. The van der Waals surface area contributed by atoms with E-state index in [0.717, 1.165) is 0 Å². The lowest BCUT2D eigenvalue weighted by atomic mass is 10.1. The Hall–Kier alpha value is -2.64. The predicted octanol–water partition coefficient (Wildman–Crippen LogP) is 1.47. The van der Waals surface area contributed by atoms with Gasteiger partial charge in [-0.15, -0.1) is 0 Å². The lowest BCUT2D eigenvalue weighted by Gasteiger charge is -2.10. The van der Waals surface area contributed by atoms with Crippen LogP contribution in [0.25, 0.3) is 0 Å². The van der Waals surface area contributed by atoms with Gasteiger partial charge in [0.1, 0.15) is 11.3 Å². The summed E-state index contributed by atoms with van der Waals surface area (Å²) in [5.74, 6) is -1.05. The van der Waals surface area contributed by atoms with Crippen molar-refractivity contribution in [3.05, 3.63) is 34.5 Å². The summed E-state index contributed by atoms with van der Waals surface area (Å²) in [6.07, 6.45) is 0. The summed E-state index contributed by atoms with van der Waals surface area (Å²) in [6.45, 7) is 4.78. The molecule has 20 heavy (non-hydrogen) atoms. The van der Waals surface area contributed by atoms with E-state index in [-0.39, 0.29) is 22.7 Å². The molecular formula is C12H13N3O5. The van der Waals surface area contributed by atoms with Gasteiger partial charge < -0.3 is 19.5 Å². The molecule has 8 heteroatoms. The maximum atomic E-state index is 11.9. The zero-order chi connectivity index (χ0) is 14.9. The van der Waals surface area contributed by atoms with Gasteiger partial charge in [-0.3, -0.25) is 4.79 Å². The van der Waals surface area contributed by atoms with Crippen LogP contribution in [0.3, 0.4) is 0 Å². The first-order valence-corrected chi connectivity index (χ1v) is 5.83. The molecule has 0 aliphatic heterocycles. The first-order valence-electron chi connectivity index (χ1n) is 5.83. The first-order chi connectivity index (χ1) is 9.40. The van der Waals surface area contributed by atoms with E-state index in [1.807, 2.05) is 0 Å². The molecule has 2 aromatic rings. The Labute approximate surface area is 113 Å². The minimum atomic E-state index is -1.16. The van der Waals surface area contributed by atoms with Crippen LogP contribution in [0.4, 0.5) is 0 Å². The minimum absolute atomic E-state index is 0.0471. The van der Waals surface area contributed by atoms with E-state index < -0.39 is 17.9 Å². The lowest BCUT2D eigenvalue weighted by Crippen LogP contribution is -2.27. The van der Waals surface area contributed by atoms with E-state index in [4.69, 9.17) is 14.2 Å². The fraction of sp³-hybridized carbons (Fsp3) is 0.333. The Bertz CT molecular complexity index is 658. The molecule has 106 valence electrons. The van der Waals surface area contributed by atoms with Crippen molar-refractivity contribution < 1.29 is 23.7 Å². The Morgan fingerprint density at radius 1 is 1.30 bits per heavy atom. The second-order valence-corrected chi connectivity index (χ2v) is 4.33. The number of amides is 1.